The van der Waals surface area contributed by atoms with Crippen molar-refractivity contribution in [3.63, 3.8) is 0 Å². The molecule has 0 aliphatic heterocycles. The Morgan fingerprint density at radius 3 is 3.00 bits per heavy atom. The van der Waals surface area contributed by atoms with E-state index in [0.29, 0.717) is 5.69 Å². The van der Waals surface area contributed by atoms with Crippen molar-refractivity contribution in [2.45, 2.75) is 24.2 Å². The topological polar surface area (TPSA) is 55.1 Å². The van der Waals surface area contributed by atoms with E-state index in [0.717, 1.165) is 12.0 Å². The van der Waals surface area contributed by atoms with Gasteiger partial charge in [0, 0.05) is 4.83 Å². The number of oxazole rings is 1. The molecule has 2 unspecified atom stereocenters. The molecule has 19 heavy (non-hydrogen) atoms. The molecule has 0 radical (unpaired) electrons. The minimum absolute atomic E-state index is 0.0341. The Morgan fingerprint density at radius 2 is 2.26 bits per heavy atom. The molecule has 1 aliphatic carbocycles. The molecule has 0 fully saturated rings. The fourth-order valence-corrected chi connectivity index (χ4v) is 3.21. The molecule has 4 nitrogen and oxygen atoms in total. The minimum atomic E-state index is -0.221. The second-order valence-corrected chi connectivity index (χ2v) is 5.81. The Bertz CT molecular complexity index is 623. The van der Waals surface area contributed by atoms with E-state index in [1.165, 1.54) is 12.0 Å². The first-order valence-electron chi connectivity index (χ1n) is 6.09. The highest BCUT2D eigenvalue weighted by Crippen LogP contribution is 2.35. The van der Waals surface area contributed by atoms with Crippen molar-refractivity contribution in [2.24, 2.45) is 0 Å². The largest absolute Gasteiger partial charge is 0.438 e. The Morgan fingerprint density at radius 1 is 1.47 bits per heavy atom. The summed E-state index contributed by atoms with van der Waals surface area (Å²) in [5, 5.41) is 3.01. The van der Waals surface area contributed by atoms with Gasteiger partial charge in [-0.2, -0.15) is 0 Å². The normalized spacial score (nSPS) is 21.2. The first kappa shape index (κ1) is 12.4. The molecule has 0 saturated carbocycles. The van der Waals surface area contributed by atoms with Crippen LogP contribution in [0.15, 0.2) is 35.1 Å². The van der Waals surface area contributed by atoms with Gasteiger partial charge in [0.25, 0.3) is 5.91 Å². The number of nitrogens with zero attached hydrogens (tertiary/aromatic N) is 1. The lowest BCUT2D eigenvalue weighted by Gasteiger charge is -2.16. The maximum Gasteiger partial charge on any atom is 0.289 e. The number of hydrogen-bond acceptors (Lipinski definition) is 3. The van der Waals surface area contributed by atoms with Crippen molar-refractivity contribution in [3.8, 4) is 0 Å². The molecule has 0 spiro atoms. The van der Waals surface area contributed by atoms with Gasteiger partial charge in [-0.25, -0.2) is 4.98 Å². The van der Waals surface area contributed by atoms with E-state index in [4.69, 9.17) is 4.42 Å². The average Bonchev–Trinajstić information content (AvgIpc) is 2.94. The third-order valence-electron chi connectivity index (χ3n) is 3.41. The number of nitrogens with one attached hydrogen (secondary N) is 1. The highest BCUT2D eigenvalue weighted by Gasteiger charge is 2.32. The van der Waals surface area contributed by atoms with Gasteiger partial charge in [0.05, 0.1) is 11.7 Å². The second kappa shape index (κ2) is 4.81. The van der Waals surface area contributed by atoms with E-state index in [1.54, 1.807) is 6.92 Å². The molecule has 0 bridgehead atoms. The summed E-state index contributed by atoms with van der Waals surface area (Å²) in [7, 11) is 0. The number of halogens is 1. The number of hydrogen-bond donors (Lipinski definition) is 1. The molecular weight excluding hydrogens is 308 g/mol. The maximum absolute atomic E-state index is 12.2. The van der Waals surface area contributed by atoms with Crippen LogP contribution in [0.2, 0.25) is 0 Å². The van der Waals surface area contributed by atoms with Crippen LogP contribution in [0.5, 0.6) is 0 Å². The Hall–Kier alpha value is -1.62. The van der Waals surface area contributed by atoms with Gasteiger partial charge >= 0.3 is 0 Å². The van der Waals surface area contributed by atoms with Gasteiger partial charge in [-0.1, -0.05) is 40.2 Å². The van der Waals surface area contributed by atoms with Crippen LogP contribution in [0.1, 0.15) is 33.4 Å². The fraction of sp³-hybridized carbons (Fsp3) is 0.286. The lowest BCUT2D eigenvalue weighted by atomic mass is 10.1. The van der Waals surface area contributed by atoms with Gasteiger partial charge in [-0.05, 0) is 24.5 Å². The van der Waals surface area contributed by atoms with E-state index in [9.17, 15) is 4.79 Å². The molecule has 2 aromatic rings. The maximum atomic E-state index is 12.2. The van der Waals surface area contributed by atoms with Gasteiger partial charge < -0.3 is 9.73 Å². The molecule has 1 aromatic carbocycles. The van der Waals surface area contributed by atoms with Crippen LogP contribution in [0.3, 0.4) is 0 Å². The Balaban J connectivity index is 1.84. The zero-order chi connectivity index (χ0) is 13.4. The third kappa shape index (κ3) is 2.18. The van der Waals surface area contributed by atoms with Crippen molar-refractivity contribution < 1.29 is 9.21 Å². The van der Waals surface area contributed by atoms with Crippen LogP contribution >= 0.6 is 15.9 Å². The van der Waals surface area contributed by atoms with Gasteiger partial charge in [-0.3, -0.25) is 4.79 Å². The predicted octanol–water partition coefficient (Wildman–Crippen LogP) is 2.77. The van der Waals surface area contributed by atoms with E-state index in [2.05, 4.69) is 38.4 Å². The fourth-order valence-electron chi connectivity index (χ4n) is 2.44. The molecule has 98 valence electrons. The predicted molar refractivity (Wildman–Crippen MR) is 74.3 cm³/mol. The quantitative estimate of drug-likeness (QED) is 0.866. The first-order valence-corrected chi connectivity index (χ1v) is 7.01. The average molecular weight is 321 g/mol. The number of aromatic nitrogens is 1. The number of benzene rings is 1. The van der Waals surface area contributed by atoms with E-state index in [-0.39, 0.29) is 22.5 Å². The highest BCUT2D eigenvalue weighted by molar-refractivity contribution is 9.09. The van der Waals surface area contributed by atoms with Crippen molar-refractivity contribution in [3.05, 3.63) is 53.2 Å². The van der Waals surface area contributed by atoms with Gasteiger partial charge in [0.1, 0.15) is 0 Å². The molecular formula is C14H13BrN2O2. The summed E-state index contributed by atoms with van der Waals surface area (Å²) in [5.74, 6) is 0.0604. The monoisotopic (exact) mass is 320 g/mol. The summed E-state index contributed by atoms with van der Waals surface area (Å²) < 4.78 is 5.12. The van der Waals surface area contributed by atoms with Crippen LogP contribution in [0.4, 0.5) is 0 Å². The van der Waals surface area contributed by atoms with Crippen LogP contribution in [-0.4, -0.2) is 15.7 Å². The van der Waals surface area contributed by atoms with Crippen LogP contribution < -0.4 is 5.32 Å². The van der Waals surface area contributed by atoms with Crippen molar-refractivity contribution in [1.29, 1.82) is 0 Å². The summed E-state index contributed by atoms with van der Waals surface area (Å²) in [5.41, 5.74) is 3.04. The number of fused-ring (bicyclic) bond motifs is 1. The van der Waals surface area contributed by atoms with Gasteiger partial charge in [0.15, 0.2) is 6.39 Å². The molecule has 3 rings (SSSR count). The van der Waals surface area contributed by atoms with E-state index in [1.807, 2.05) is 12.1 Å². The summed E-state index contributed by atoms with van der Waals surface area (Å²) in [6, 6.07) is 8.12. The number of aryl methyl sites for hydroxylation is 1. The lowest BCUT2D eigenvalue weighted by Crippen LogP contribution is -2.31. The van der Waals surface area contributed by atoms with Crippen molar-refractivity contribution in [1.82, 2.24) is 10.3 Å². The standard InChI is InChI=1S/C14H13BrN2O2/c1-8-13(19-7-16-8)14(18)17-12-10-5-3-2-4-9(10)6-11(12)15/h2-5,7,11-12H,6H2,1H3,(H,17,18). The molecule has 0 saturated heterocycles. The number of amides is 1. The molecule has 1 aliphatic rings. The number of rotatable bonds is 2. The van der Waals surface area contributed by atoms with Gasteiger partial charge in [0.2, 0.25) is 5.76 Å². The molecule has 1 heterocycles. The van der Waals surface area contributed by atoms with Gasteiger partial charge in [-0.15, -0.1) is 0 Å². The first-order chi connectivity index (χ1) is 9.16. The van der Waals surface area contributed by atoms with Crippen LogP contribution in [0.25, 0.3) is 0 Å². The number of carbonyl (C=O) groups is 1. The number of alkyl halides is 1. The summed E-state index contributed by atoms with van der Waals surface area (Å²) in [6.45, 7) is 1.76. The summed E-state index contributed by atoms with van der Waals surface area (Å²) in [6.07, 6.45) is 2.20. The smallest absolute Gasteiger partial charge is 0.289 e. The van der Waals surface area contributed by atoms with Crippen LogP contribution in [-0.2, 0) is 6.42 Å². The lowest BCUT2D eigenvalue weighted by molar-refractivity contribution is 0.0909. The second-order valence-electron chi connectivity index (χ2n) is 4.64. The van der Waals surface area contributed by atoms with E-state index >= 15 is 0 Å². The zero-order valence-electron chi connectivity index (χ0n) is 10.4. The summed E-state index contributed by atoms with van der Waals surface area (Å²) in [4.78, 5) is 16.3. The molecule has 2 atom stereocenters. The summed E-state index contributed by atoms with van der Waals surface area (Å²) >= 11 is 3.63. The highest BCUT2D eigenvalue weighted by atomic mass is 79.9. The Labute approximate surface area is 119 Å². The number of carbonyl (C=O) groups excluding carboxylic acids is 1. The molecule has 1 N–H and O–H groups in total. The van der Waals surface area contributed by atoms with Crippen LogP contribution in [0, 0.1) is 6.92 Å². The minimum Gasteiger partial charge on any atom is -0.438 e. The SMILES string of the molecule is Cc1ncoc1C(=O)NC1c2ccccc2CC1Br. The van der Waals surface area contributed by atoms with E-state index < -0.39 is 0 Å². The zero-order valence-corrected chi connectivity index (χ0v) is 12.0. The molecule has 1 aromatic heterocycles. The third-order valence-corrected chi connectivity index (χ3v) is 4.26. The van der Waals surface area contributed by atoms with Crippen molar-refractivity contribution >= 4 is 21.8 Å². The Kier molecular flexibility index (Phi) is 3.14. The molecule has 1 amide bonds. The molecule has 5 heteroatoms. The van der Waals surface area contributed by atoms with Crippen molar-refractivity contribution in [2.75, 3.05) is 0 Å².